The SMILES string of the molecule is CCCOc1ccc2nc(C(=O)O)c(OCc3ccccc3)cc2c1. The van der Waals surface area contributed by atoms with Crippen molar-refractivity contribution >= 4 is 16.9 Å². The fourth-order valence-corrected chi connectivity index (χ4v) is 2.44. The van der Waals surface area contributed by atoms with Crippen LogP contribution in [0.3, 0.4) is 0 Å². The molecular formula is C20H19NO4. The molecule has 25 heavy (non-hydrogen) atoms. The Labute approximate surface area is 145 Å². The van der Waals surface area contributed by atoms with Gasteiger partial charge in [0, 0.05) is 5.39 Å². The molecule has 2 aromatic carbocycles. The zero-order chi connectivity index (χ0) is 17.6. The van der Waals surface area contributed by atoms with Crippen molar-refractivity contribution in [1.29, 1.82) is 0 Å². The minimum Gasteiger partial charge on any atom is -0.494 e. The zero-order valence-corrected chi connectivity index (χ0v) is 13.9. The van der Waals surface area contributed by atoms with Gasteiger partial charge in [-0.1, -0.05) is 37.3 Å². The number of nitrogens with zero attached hydrogens (tertiary/aromatic N) is 1. The highest BCUT2D eigenvalue weighted by Crippen LogP contribution is 2.27. The first-order valence-electron chi connectivity index (χ1n) is 8.15. The second kappa shape index (κ2) is 7.66. The molecule has 0 saturated heterocycles. The molecule has 0 aliphatic heterocycles. The van der Waals surface area contributed by atoms with Gasteiger partial charge in [-0.3, -0.25) is 0 Å². The van der Waals surface area contributed by atoms with Crippen molar-refractivity contribution in [2.24, 2.45) is 0 Å². The maximum absolute atomic E-state index is 11.5. The van der Waals surface area contributed by atoms with E-state index in [4.69, 9.17) is 9.47 Å². The standard InChI is InChI=1S/C20H19NO4/c1-2-10-24-16-8-9-17-15(11-16)12-18(19(21-17)20(22)23)25-13-14-6-4-3-5-7-14/h3-9,11-12H,2,10,13H2,1H3,(H,22,23). The van der Waals surface area contributed by atoms with Crippen LogP contribution in [0.25, 0.3) is 10.9 Å². The number of carboxylic acids is 1. The minimum absolute atomic E-state index is 0.0920. The molecule has 0 atom stereocenters. The molecule has 0 saturated carbocycles. The van der Waals surface area contributed by atoms with Gasteiger partial charge in [-0.05, 0) is 36.2 Å². The number of hydrogen-bond acceptors (Lipinski definition) is 4. The zero-order valence-electron chi connectivity index (χ0n) is 13.9. The third kappa shape index (κ3) is 4.07. The van der Waals surface area contributed by atoms with E-state index in [0.29, 0.717) is 12.1 Å². The van der Waals surface area contributed by atoms with Crippen LogP contribution >= 0.6 is 0 Å². The molecule has 0 spiro atoms. The molecule has 0 radical (unpaired) electrons. The normalized spacial score (nSPS) is 10.6. The maximum Gasteiger partial charge on any atom is 0.358 e. The van der Waals surface area contributed by atoms with Gasteiger partial charge < -0.3 is 14.6 Å². The highest BCUT2D eigenvalue weighted by atomic mass is 16.5. The van der Waals surface area contributed by atoms with Gasteiger partial charge in [0.15, 0.2) is 11.4 Å². The van der Waals surface area contributed by atoms with E-state index in [2.05, 4.69) is 4.98 Å². The number of rotatable bonds is 7. The van der Waals surface area contributed by atoms with Crippen LogP contribution < -0.4 is 9.47 Å². The molecule has 1 aromatic heterocycles. The average molecular weight is 337 g/mol. The molecule has 3 rings (SSSR count). The van der Waals surface area contributed by atoms with Gasteiger partial charge >= 0.3 is 5.97 Å². The molecule has 0 aliphatic rings. The van der Waals surface area contributed by atoms with Crippen LogP contribution in [0, 0.1) is 0 Å². The number of carboxylic acid groups (broad SMARTS) is 1. The van der Waals surface area contributed by atoms with Crippen molar-refractivity contribution in [3.8, 4) is 11.5 Å². The summed E-state index contributed by atoms with van der Waals surface area (Å²) in [5.41, 5.74) is 1.46. The third-order valence-electron chi connectivity index (χ3n) is 3.66. The van der Waals surface area contributed by atoms with Gasteiger partial charge in [0.05, 0.1) is 12.1 Å². The summed E-state index contributed by atoms with van der Waals surface area (Å²) in [5, 5.41) is 10.2. The molecule has 1 heterocycles. The summed E-state index contributed by atoms with van der Waals surface area (Å²) in [6.45, 7) is 2.95. The summed E-state index contributed by atoms with van der Waals surface area (Å²) in [6.07, 6.45) is 0.916. The second-order valence-corrected chi connectivity index (χ2v) is 5.62. The van der Waals surface area contributed by atoms with E-state index in [0.717, 1.165) is 23.1 Å². The molecule has 0 aliphatic carbocycles. The molecule has 0 amide bonds. The van der Waals surface area contributed by atoms with Crippen LogP contribution in [-0.2, 0) is 6.61 Å². The van der Waals surface area contributed by atoms with Crippen molar-refractivity contribution in [2.45, 2.75) is 20.0 Å². The van der Waals surface area contributed by atoms with E-state index in [1.807, 2.05) is 43.3 Å². The summed E-state index contributed by atoms with van der Waals surface area (Å²) < 4.78 is 11.4. The largest absolute Gasteiger partial charge is 0.494 e. The van der Waals surface area contributed by atoms with Crippen LogP contribution in [-0.4, -0.2) is 22.7 Å². The van der Waals surface area contributed by atoms with Gasteiger partial charge in [0.2, 0.25) is 0 Å². The van der Waals surface area contributed by atoms with E-state index in [-0.39, 0.29) is 18.1 Å². The minimum atomic E-state index is -1.11. The summed E-state index contributed by atoms with van der Waals surface area (Å²) in [4.78, 5) is 15.7. The number of aromatic nitrogens is 1. The Morgan fingerprint density at radius 3 is 2.60 bits per heavy atom. The van der Waals surface area contributed by atoms with Crippen LogP contribution in [0.1, 0.15) is 29.4 Å². The Balaban J connectivity index is 1.93. The lowest BCUT2D eigenvalue weighted by Crippen LogP contribution is -2.06. The lowest BCUT2D eigenvalue weighted by atomic mass is 10.1. The first-order valence-corrected chi connectivity index (χ1v) is 8.15. The molecule has 5 heteroatoms. The highest BCUT2D eigenvalue weighted by molar-refractivity contribution is 5.93. The summed E-state index contributed by atoms with van der Waals surface area (Å²) in [5.74, 6) is -0.138. The Morgan fingerprint density at radius 1 is 1.08 bits per heavy atom. The van der Waals surface area contributed by atoms with E-state index in [9.17, 15) is 9.90 Å². The van der Waals surface area contributed by atoms with Crippen molar-refractivity contribution in [3.63, 3.8) is 0 Å². The predicted molar refractivity (Wildman–Crippen MR) is 95.3 cm³/mol. The number of aromatic carboxylic acids is 1. The van der Waals surface area contributed by atoms with Crippen molar-refractivity contribution < 1.29 is 19.4 Å². The molecule has 128 valence electrons. The second-order valence-electron chi connectivity index (χ2n) is 5.62. The van der Waals surface area contributed by atoms with Gasteiger partial charge in [0.25, 0.3) is 0 Å². The number of ether oxygens (including phenoxy) is 2. The van der Waals surface area contributed by atoms with Gasteiger partial charge in [-0.25, -0.2) is 9.78 Å². The van der Waals surface area contributed by atoms with Crippen LogP contribution in [0.2, 0.25) is 0 Å². The van der Waals surface area contributed by atoms with Gasteiger partial charge in [-0.15, -0.1) is 0 Å². The predicted octanol–water partition coefficient (Wildman–Crippen LogP) is 4.30. The van der Waals surface area contributed by atoms with E-state index in [1.165, 1.54) is 0 Å². The lowest BCUT2D eigenvalue weighted by molar-refractivity contribution is 0.0685. The molecule has 0 unspecified atom stereocenters. The van der Waals surface area contributed by atoms with E-state index in [1.54, 1.807) is 18.2 Å². The highest BCUT2D eigenvalue weighted by Gasteiger charge is 2.15. The molecule has 1 N–H and O–H groups in total. The maximum atomic E-state index is 11.5. The van der Waals surface area contributed by atoms with Gasteiger partial charge in [-0.2, -0.15) is 0 Å². The van der Waals surface area contributed by atoms with Crippen molar-refractivity contribution in [2.75, 3.05) is 6.61 Å². The smallest absolute Gasteiger partial charge is 0.358 e. The van der Waals surface area contributed by atoms with Crippen molar-refractivity contribution in [3.05, 3.63) is 65.9 Å². The Hall–Kier alpha value is -3.08. The van der Waals surface area contributed by atoms with Crippen molar-refractivity contribution in [1.82, 2.24) is 4.98 Å². The number of hydrogen-bond donors (Lipinski definition) is 1. The molecule has 3 aromatic rings. The van der Waals surface area contributed by atoms with Crippen LogP contribution in [0.15, 0.2) is 54.6 Å². The monoisotopic (exact) mass is 337 g/mol. The molecular weight excluding hydrogens is 318 g/mol. The quantitative estimate of drug-likeness (QED) is 0.696. The topological polar surface area (TPSA) is 68.7 Å². The fourth-order valence-electron chi connectivity index (χ4n) is 2.44. The van der Waals surface area contributed by atoms with Crippen LogP contribution in [0.4, 0.5) is 0 Å². The fraction of sp³-hybridized carbons (Fsp3) is 0.200. The first kappa shape index (κ1) is 16.8. The number of carbonyl (C=O) groups is 1. The van der Waals surface area contributed by atoms with E-state index >= 15 is 0 Å². The Bertz CT molecular complexity index is 878. The van der Waals surface area contributed by atoms with E-state index < -0.39 is 5.97 Å². The number of pyridine rings is 1. The third-order valence-corrected chi connectivity index (χ3v) is 3.66. The molecule has 5 nitrogen and oxygen atoms in total. The average Bonchev–Trinajstić information content (AvgIpc) is 2.64. The Morgan fingerprint density at radius 2 is 1.88 bits per heavy atom. The molecule has 0 fully saturated rings. The summed E-state index contributed by atoms with van der Waals surface area (Å²) >= 11 is 0. The number of fused-ring (bicyclic) bond motifs is 1. The summed E-state index contributed by atoms with van der Waals surface area (Å²) in [6, 6.07) is 16.7. The Kier molecular flexibility index (Phi) is 5.14. The van der Waals surface area contributed by atoms with Crippen LogP contribution in [0.5, 0.6) is 11.5 Å². The summed E-state index contributed by atoms with van der Waals surface area (Å²) in [7, 11) is 0. The van der Waals surface area contributed by atoms with Gasteiger partial charge in [0.1, 0.15) is 12.4 Å². The number of benzene rings is 2. The first-order chi connectivity index (χ1) is 12.2. The molecule has 0 bridgehead atoms. The lowest BCUT2D eigenvalue weighted by Gasteiger charge is -2.11.